The van der Waals surface area contributed by atoms with Gasteiger partial charge in [0.15, 0.2) is 0 Å². The average Bonchev–Trinajstić information content (AvgIpc) is 2.48. The summed E-state index contributed by atoms with van der Waals surface area (Å²) in [5.74, 6) is 0.103. The number of amides is 1. The predicted octanol–water partition coefficient (Wildman–Crippen LogP) is 1.06. The van der Waals surface area contributed by atoms with E-state index in [0.29, 0.717) is 12.5 Å². The third-order valence-electron chi connectivity index (χ3n) is 2.65. The average molecular weight is 228 g/mol. The van der Waals surface area contributed by atoms with Crippen LogP contribution in [-0.2, 0) is 9.53 Å². The van der Waals surface area contributed by atoms with Gasteiger partial charge >= 0.3 is 0 Å². The molecule has 1 heterocycles. The first-order valence-corrected chi connectivity index (χ1v) is 6.04. The van der Waals surface area contributed by atoms with Crippen molar-refractivity contribution in [1.82, 2.24) is 10.6 Å². The van der Waals surface area contributed by atoms with Crippen molar-refractivity contribution in [3.05, 3.63) is 0 Å². The Kier molecular flexibility index (Phi) is 4.74. The van der Waals surface area contributed by atoms with Gasteiger partial charge in [-0.1, -0.05) is 0 Å². The van der Waals surface area contributed by atoms with E-state index >= 15 is 0 Å². The van der Waals surface area contributed by atoms with Gasteiger partial charge in [0.1, 0.15) is 0 Å². The van der Waals surface area contributed by atoms with Crippen molar-refractivity contribution in [2.24, 2.45) is 0 Å². The zero-order valence-corrected chi connectivity index (χ0v) is 10.8. The lowest BCUT2D eigenvalue weighted by atomic mass is 10.1. The smallest absolute Gasteiger partial charge is 0.221 e. The molecule has 0 aromatic carbocycles. The predicted molar refractivity (Wildman–Crippen MR) is 64.3 cm³/mol. The summed E-state index contributed by atoms with van der Waals surface area (Å²) in [5, 5.41) is 6.31. The summed E-state index contributed by atoms with van der Waals surface area (Å²) in [6.45, 7) is 9.59. The van der Waals surface area contributed by atoms with Gasteiger partial charge < -0.3 is 15.4 Å². The van der Waals surface area contributed by atoms with E-state index < -0.39 is 0 Å². The summed E-state index contributed by atoms with van der Waals surface area (Å²) in [6, 6.07) is 0.405. The van der Waals surface area contributed by atoms with Crippen molar-refractivity contribution < 1.29 is 9.53 Å². The fourth-order valence-electron chi connectivity index (χ4n) is 1.85. The van der Waals surface area contributed by atoms with Crippen LogP contribution in [0.25, 0.3) is 0 Å². The van der Waals surface area contributed by atoms with Crippen LogP contribution in [0.2, 0.25) is 0 Å². The fraction of sp³-hybridized carbons (Fsp3) is 0.917. The zero-order valence-electron chi connectivity index (χ0n) is 10.8. The molecule has 2 atom stereocenters. The molecule has 0 aromatic rings. The molecule has 94 valence electrons. The Morgan fingerprint density at radius 1 is 1.44 bits per heavy atom. The van der Waals surface area contributed by atoms with Crippen LogP contribution in [0.1, 0.15) is 40.5 Å². The molecular weight excluding hydrogens is 204 g/mol. The van der Waals surface area contributed by atoms with Gasteiger partial charge in [0.2, 0.25) is 5.91 Å². The summed E-state index contributed by atoms with van der Waals surface area (Å²) in [7, 11) is 0. The Balaban J connectivity index is 2.13. The van der Waals surface area contributed by atoms with Gasteiger partial charge in [-0.15, -0.1) is 0 Å². The van der Waals surface area contributed by atoms with Crippen molar-refractivity contribution in [2.75, 3.05) is 13.2 Å². The fourth-order valence-corrected chi connectivity index (χ4v) is 1.85. The molecule has 1 saturated heterocycles. The van der Waals surface area contributed by atoms with E-state index in [1.165, 1.54) is 0 Å². The number of hydrogen-bond acceptors (Lipinski definition) is 3. The Labute approximate surface area is 98.1 Å². The second kappa shape index (κ2) is 5.64. The van der Waals surface area contributed by atoms with Crippen molar-refractivity contribution in [2.45, 2.75) is 58.2 Å². The Hall–Kier alpha value is -0.610. The molecule has 4 nitrogen and oxygen atoms in total. The maximum absolute atomic E-state index is 11.5. The second-order valence-electron chi connectivity index (χ2n) is 5.47. The van der Waals surface area contributed by atoms with Crippen LogP contribution in [-0.4, -0.2) is 36.7 Å². The van der Waals surface area contributed by atoms with Crippen LogP contribution in [0.5, 0.6) is 0 Å². The molecule has 1 fully saturated rings. The summed E-state index contributed by atoms with van der Waals surface area (Å²) >= 11 is 0. The molecule has 1 amide bonds. The van der Waals surface area contributed by atoms with Crippen molar-refractivity contribution in [3.8, 4) is 0 Å². The van der Waals surface area contributed by atoms with Crippen molar-refractivity contribution in [1.29, 1.82) is 0 Å². The summed E-state index contributed by atoms with van der Waals surface area (Å²) < 4.78 is 5.44. The maximum Gasteiger partial charge on any atom is 0.221 e. The minimum atomic E-state index is -0.138. The number of hydrogen-bond donors (Lipinski definition) is 2. The quantitative estimate of drug-likeness (QED) is 0.756. The molecule has 0 spiro atoms. The lowest BCUT2D eigenvalue weighted by molar-refractivity contribution is -0.122. The van der Waals surface area contributed by atoms with E-state index in [9.17, 15) is 4.79 Å². The van der Waals surface area contributed by atoms with E-state index in [4.69, 9.17) is 4.74 Å². The SMILES string of the molecule is CC1OCCC1NCCC(=O)NC(C)(C)C. The Bertz CT molecular complexity index is 236. The molecule has 0 aliphatic carbocycles. The third-order valence-corrected chi connectivity index (χ3v) is 2.65. The van der Waals surface area contributed by atoms with Crippen LogP contribution in [0.3, 0.4) is 0 Å². The van der Waals surface area contributed by atoms with Gasteiger partial charge in [-0.2, -0.15) is 0 Å². The van der Waals surface area contributed by atoms with E-state index in [1.807, 2.05) is 20.8 Å². The zero-order chi connectivity index (χ0) is 12.2. The molecule has 2 N–H and O–H groups in total. The lowest BCUT2D eigenvalue weighted by Gasteiger charge is -2.21. The Morgan fingerprint density at radius 2 is 2.12 bits per heavy atom. The number of rotatable bonds is 4. The van der Waals surface area contributed by atoms with E-state index in [0.717, 1.165) is 19.6 Å². The molecule has 1 aliphatic heterocycles. The third kappa shape index (κ3) is 4.94. The maximum atomic E-state index is 11.5. The first-order chi connectivity index (χ1) is 7.38. The molecular formula is C12H24N2O2. The first kappa shape index (κ1) is 13.5. The second-order valence-corrected chi connectivity index (χ2v) is 5.47. The van der Waals surface area contributed by atoms with E-state index in [1.54, 1.807) is 0 Å². The number of nitrogens with one attached hydrogen (secondary N) is 2. The van der Waals surface area contributed by atoms with Gasteiger partial charge in [-0.25, -0.2) is 0 Å². The molecule has 0 aromatic heterocycles. The van der Waals surface area contributed by atoms with Crippen LogP contribution < -0.4 is 10.6 Å². The van der Waals surface area contributed by atoms with Crippen molar-refractivity contribution >= 4 is 5.91 Å². The molecule has 1 aliphatic rings. The number of carbonyl (C=O) groups excluding carboxylic acids is 1. The van der Waals surface area contributed by atoms with Gasteiger partial charge in [-0.3, -0.25) is 4.79 Å². The topological polar surface area (TPSA) is 50.4 Å². The van der Waals surface area contributed by atoms with E-state index in [-0.39, 0.29) is 17.6 Å². The van der Waals surface area contributed by atoms with Crippen LogP contribution in [0.15, 0.2) is 0 Å². The minimum absolute atomic E-state index is 0.103. The summed E-state index contributed by atoms with van der Waals surface area (Å²) in [6.07, 6.45) is 1.84. The monoisotopic (exact) mass is 228 g/mol. The minimum Gasteiger partial charge on any atom is -0.377 e. The highest BCUT2D eigenvalue weighted by atomic mass is 16.5. The van der Waals surface area contributed by atoms with Gasteiger partial charge in [0, 0.05) is 31.2 Å². The highest BCUT2D eigenvalue weighted by molar-refractivity contribution is 5.76. The molecule has 0 radical (unpaired) electrons. The van der Waals surface area contributed by atoms with E-state index in [2.05, 4.69) is 17.6 Å². The molecule has 0 saturated carbocycles. The molecule has 0 bridgehead atoms. The molecule has 2 unspecified atom stereocenters. The first-order valence-electron chi connectivity index (χ1n) is 6.04. The normalized spacial score (nSPS) is 25.8. The largest absolute Gasteiger partial charge is 0.377 e. The Morgan fingerprint density at radius 3 is 2.62 bits per heavy atom. The number of ether oxygens (including phenoxy) is 1. The lowest BCUT2D eigenvalue weighted by Crippen LogP contribution is -2.43. The van der Waals surface area contributed by atoms with Gasteiger partial charge in [0.05, 0.1) is 6.10 Å². The van der Waals surface area contributed by atoms with Crippen LogP contribution in [0, 0.1) is 0 Å². The van der Waals surface area contributed by atoms with Gasteiger partial charge in [-0.05, 0) is 34.1 Å². The highest BCUT2D eigenvalue weighted by Gasteiger charge is 2.23. The van der Waals surface area contributed by atoms with Gasteiger partial charge in [0.25, 0.3) is 0 Å². The number of carbonyl (C=O) groups is 1. The molecule has 4 heteroatoms. The molecule has 16 heavy (non-hydrogen) atoms. The molecule has 1 rings (SSSR count). The van der Waals surface area contributed by atoms with Crippen LogP contribution in [0.4, 0.5) is 0 Å². The highest BCUT2D eigenvalue weighted by Crippen LogP contribution is 2.12. The standard InChI is InChI=1S/C12H24N2O2/c1-9-10(6-8-16-9)13-7-5-11(15)14-12(2,3)4/h9-10,13H,5-8H2,1-4H3,(H,14,15). The summed E-state index contributed by atoms with van der Waals surface area (Å²) in [4.78, 5) is 11.5. The van der Waals surface area contributed by atoms with Crippen molar-refractivity contribution in [3.63, 3.8) is 0 Å². The summed E-state index contributed by atoms with van der Waals surface area (Å²) in [5.41, 5.74) is -0.138. The van der Waals surface area contributed by atoms with Crippen LogP contribution >= 0.6 is 0 Å².